The van der Waals surface area contributed by atoms with Crippen LogP contribution in [-0.4, -0.2) is 16.9 Å². The zero-order valence-electron chi connectivity index (χ0n) is 8.80. The zero-order valence-corrected chi connectivity index (χ0v) is 8.80. The Morgan fingerprint density at radius 1 is 1.38 bits per heavy atom. The van der Waals surface area contributed by atoms with Crippen LogP contribution in [-0.2, 0) is 4.79 Å². The van der Waals surface area contributed by atoms with E-state index in [1.165, 1.54) is 19.1 Å². The van der Waals surface area contributed by atoms with Crippen LogP contribution in [0.2, 0.25) is 0 Å². The maximum absolute atomic E-state index is 11.6. The highest BCUT2D eigenvalue weighted by Crippen LogP contribution is 2.11. The lowest BCUT2D eigenvalue weighted by Crippen LogP contribution is -2.14. The van der Waals surface area contributed by atoms with Crippen molar-refractivity contribution in [2.24, 2.45) is 5.92 Å². The normalized spacial score (nSPS) is 11.5. The van der Waals surface area contributed by atoms with Crippen LogP contribution >= 0.6 is 0 Å². The Kier molecular flexibility index (Phi) is 3.78. The van der Waals surface area contributed by atoms with Crippen molar-refractivity contribution in [3.8, 4) is 6.07 Å². The molecule has 0 amide bonds. The van der Waals surface area contributed by atoms with Gasteiger partial charge in [-0.3, -0.25) is 9.59 Å². The van der Waals surface area contributed by atoms with E-state index >= 15 is 0 Å². The van der Waals surface area contributed by atoms with Gasteiger partial charge in [0.05, 0.1) is 17.6 Å². The van der Waals surface area contributed by atoms with E-state index in [0.29, 0.717) is 11.1 Å². The lowest BCUT2D eigenvalue weighted by atomic mass is 9.99. The number of nitriles is 1. The van der Waals surface area contributed by atoms with Gasteiger partial charge in [0.1, 0.15) is 0 Å². The Morgan fingerprint density at radius 2 is 1.94 bits per heavy atom. The second-order valence-electron chi connectivity index (χ2n) is 3.56. The van der Waals surface area contributed by atoms with Crippen LogP contribution in [0, 0.1) is 17.2 Å². The monoisotopic (exact) mass is 217 g/mol. The minimum Gasteiger partial charge on any atom is -0.481 e. The van der Waals surface area contributed by atoms with Crippen molar-refractivity contribution in [3.05, 3.63) is 35.4 Å². The molecule has 16 heavy (non-hydrogen) atoms. The fourth-order valence-corrected chi connectivity index (χ4v) is 1.21. The van der Waals surface area contributed by atoms with Crippen molar-refractivity contribution in [1.29, 1.82) is 5.26 Å². The van der Waals surface area contributed by atoms with E-state index in [9.17, 15) is 9.59 Å². The van der Waals surface area contributed by atoms with Gasteiger partial charge in [0.2, 0.25) is 0 Å². The lowest BCUT2D eigenvalue weighted by Gasteiger charge is -2.04. The second-order valence-corrected chi connectivity index (χ2v) is 3.56. The topological polar surface area (TPSA) is 78.2 Å². The highest BCUT2D eigenvalue weighted by Gasteiger charge is 2.16. The molecule has 0 heterocycles. The standard InChI is InChI=1S/C12H11NO3/c1-8(12(15)16)6-11(14)10-4-2-9(7-13)3-5-10/h2-5,8H,6H2,1H3,(H,15,16). The minimum absolute atomic E-state index is 0.0266. The first-order chi connectivity index (χ1) is 7.54. The Balaban J connectivity index is 2.74. The first kappa shape index (κ1) is 11.9. The number of aliphatic carboxylic acids is 1. The van der Waals surface area contributed by atoms with Crippen LogP contribution in [0.25, 0.3) is 0 Å². The molecule has 1 aromatic carbocycles. The molecule has 0 saturated carbocycles. The quantitative estimate of drug-likeness (QED) is 0.780. The van der Waals surface area contributed by atoms with E-state index in [4.69, 9.17) is 10.4 Å². The van der Waals surface area contributed by atoms with Crippen molar-refractivity contribution in [2.75, 3.05) is 0 Å². The molecule has 1 aromatic rings. The Hall–Kier alpha value is -2.15. The summed E-state index contributed by atoms with van der Waals surface area (Å²) in [5, 5.41) is 17.2. The van der Waals surface area contributed by atoms with Gasteiger partial charge in [0, 0.05) is 12.0 Å². The first-order valence-corrected chi connectivity index (χ1v) is 4.80. The van der Waals surface area contributed by atoms with E-state index in [1.807, 2.05) is 6.07 Å². The molecule has 1 N–H and O–H groups in total. The van der Waals surface area contributed by atoms with E-state index in [0.717, 1.165) is 0 Å². The van der Waals surface area contributed by atoms with Crippen LogP contribution in [0.3, 0.4) is 0 Å². The smallest absolute Gasteiger partial charge is 0.306 e. The van der Waals surface area contributed by atoms with Crippen molar-refractivity contribution in [2.45, 2.75) is 13.3 Å². The van der Waals surface area contributed by atoms with Gasteiger partial charge in [-0.1, -0.05) is 19.1 Å². The summed E-state index contributed by atoms with van der Waals surface area (Å²) in [6.45, 7) is 1.49. The molecule has 0 fully saturated rings. The number of rotatable bonds is 4. The SMILES string of the molecule is CC(CC(=O)c1ccc(C#N)cc1)C(=O)O. The number of carboxylic acids is 1. The summed E-state index contributed by atoms with van der Waals surface area (Å²) in [7, 11) is 0. The highest BCUT2D eigenvalue weighted by molar-refractivity contribution is 5.97. The van der Waals surface area contributed by atoms with Gasteiger partial charge in [0.25, 0.3) is 0 Å². The minimum atomic E-state index is -0.984. The maximum Gasteiger partial charge on any atom is 0.306 e. The number of nitrogens with zero attached hydrogens (tertiary/aromatic N) is 1. The fourth-order valence-electron chi connectivity index (χ4n) is 1.21. The van der Waals surface area contributed by atoms with Gasteiger partial charge in [-0.15, -0.1) is 0 Å². The van der Waals surface area contributed by atoms with Crippen molar-refractivity contribution in [1.82, 2.24) is 0 Å². The number of carbonyl (C=O) groups is 2. The average molecular weight is 217 g/mol. The van der Waals surface area contributed by atoms with Gasteiger partial charge in [0.15, 0.2) is 5.78 Å². The number of ketones is 1. The van der Waals surface area contributed by atoms with Crippen molar-refractivity contribution >= 4 is 11.8 Å². The van der Waals surface area contributed by atoms with E-state index < -0.39 is 11.9 Å². The summed E-state index contributed by atoms with van der Waals surface area (Å²) in [4.78, 5) is 22.2. The highest BCUT2D eigenvalue weighted by atomic mass is 16.4. The number of hydrogen-bond donors (Lipinski definition) is 1. The molecule has 0 radical (unpaired) electrons. The first-order valence-electron chi connectivity index (χ1n) is 4.80. The molecule has 1 rings (SSSR count). The summed E-state index contributed by atoms with van der Waals surface area (Å²) < 4.78 is 0. The van der Waals surface area contributed by atoms with Gasteiger partial charge >= 0.3 is 5.97 Å². The number of hydrogen-bond acceptors (Lipinski definition) is 3. The van der Waals surface area contributed by atoms with Crippen molar-refractivity contribution in [3.63, 3.8) is 0 Å². The summed E-state index contributed by atoms with van der Waals surface area (Å²) in [5.41, 5.74) is 0.912. The maximum atomic E-state index is 11.6. The van der Waals surface area contributed by atoms with Gasteiger partial charge in [-0.25, -0.2) is 0 Å². The average Bonchev–Trinajstić information content (AvgIpc) is 2.28. The lowest BCUT2D eigenvalue weighted by molar-refractivity contribution is -0.141. The number of benzene rings is 1. The van der Waals surface area contributed by atoms with E-state index in [1.54, 1.807) is 12.1 Å². The van der Waals surface area contributed by atoms with E-state index in [2.05, 4.69) is 0 Å². The molecule has 0 aliphatic heterocycles. The number of carboxylic acid groups (broad SMARTS) is 1. The molecule has 4 nitrogen and oxygen atoms in total. The van der Waals surface area contributed by atoms with E-state index in [-0.39, 0.29) is 12.2 Å². The third-order valence-electron chi connectivity index (χ3n) is 2.25. The molecular weight excluding hydrogens is 206 g/mol. The summed E-state index contributed by atoms with van der Waals surface area (Å²) in [6.07, 6.45) is -0.0266. The van der Waals surface area contributed by atoms with Crippen molar-refractivity contribution < 1.29 is 14.7 Å². The Morgan fingerprint density at radius 3 is 2.38 bits per heavy atom. The third kappa shape index (κ3) is 2.92. The molecule has 0 bridgehead atoms. The van der Waals surface area contributed by atoms with Crippen LogP contribution in [0.15, 0.2) is 24.3 Å². The molecule has 4 heteroatoms. The fraction of sp³-hybridized carbons (Fsp3) is 0.250. The molecule has 1 atom stereocenters. The molecule has 0 saturated heterocycles. The molecular formula is C12H11NO3. The summed E-state index contributed by atoms with van der Waals surface area (Å²) in [5.74, 6) is -1.90. The zero-order chi connectivity index (χ0) is 12.1. The number of Topliss-reactive ketones (excluding diaryl/α,β-unsaturated/α-hetero) is 1. The second kappa shape index (κ2) is 5.08. The van der Waals surface area contributed by atoms with Crippen LogP contribution in [0.1, 0.15) is 29.3 Å². The Labute approximate surface area is 93.1 Å². The molecule has 0 aliphatic carbocycles. The van der Waals surface area contributed by atoms with Gasteiger partial charge in [-0.05, 0) is 12.1 Å². The molecule has 0 aliphatic rings. The van der Waals surface area contributed by atoms with Crippen LogP contribution in [0.5, 0.6) is 0 Å². The predicted octanol–water partition coefficient (Wildman–Crippen LogP) is 1.85. The summed E-state index contributed by atoms with van der Waals surface area (Å²) in [6, 6.07) is 8.10. The Bertz CT molecular complexity index is 442. The molecule has 1 unspecified atom stereocenters. The summed E-state index contributed by atoms with van der Waals surface area (Å²) >= 11 is 0. The molecule has 0 aromatic heterocycles. The van der Waals surface area contributed by atoms with Gasteiger partial charge < -0.3 is 5.11 Å². The van der Waals surface area contributed by atoms with Crippen LogP contribution in [0.4, 0.5) is 0 Å². The van der Waals surface area contributed by atoms with Crippen LogP contribution < -0.4 is 0 Å². The number of carbonyl (C=O) groups excluding carboxylic acids is 1. The third-order valence-corrected chi connectivity index (χ3v) is 2.25. The molecule has 0 spiro atoms. The largest absolute Gasteiger partial charge is 0.481 e. The molecule has 82 valence electrons. The predicted molar refractivity (Wildman–Crippen MR) is 56.9 cm³/mol. The van der Waals surface area contributed by atoms with Gasteiger partial charge in [-0.2, -0.15) is 5.26 Å².